The first-order valence-corrected chi connectivity index (χ1v) is 7.80. The number of ether oxygens (including phenoxy) is 2. The van der Waals surface area contributed by atoms with Gasteiger partial charge in [0.05, 0.1) is 12.2 Å². The van der Waals surface area contributed by atoms with Crippen LogP contribution in [0, 0.1) is 0 Å². The number of hydrogen-bond acceptors (Lipinski definition) is 4. The minimum atomic E-state index is 0.0439. The maximum Gasteiger partial charge on any atom is 0.171 e. The number of hydrogen-bond donors (Lipinski definition) is 0. The van der Waals surface area contributed by atoms with E-state index in [1.54, 1.807) is 6.20 Å². The molecule has 2 fully saturated rings. The molecule has 3 rings (SSSR count). The Hall–Kier alpha value is -0.450. The van der Waals surface area contributed by atoms with Crippen molar-refractivity contribution in [2.45, 2.75) is 31.0 Å². The summed E-state index contributed by atoms with van der Waals surface area (Å²) in [5.74, 6) is 2.97. The molecule has 0 bridgehead atoms. The van der Waals surface area contributed by atoms with Crippen molar-refractivity contribution in [1.82, 2.24) is 4.98 Å². The van der Waals surface area contributed by atoms with Gasteiger partial charge < -0.3 is 9.47 Å². The molecule has 0 aromatic carbocycles. The maximum atomic E-state index is 6.02. The Kier molecular flexibility index (Phi) is 3.68. The van der Waals surface area contributed by atoms with E-state index in [0.717, 1.165) is 31.6 Å². The van der Waals surface area contributed by atoms with Crippen molar-refractivity contribution < 1.29 is 9.47 Å². The van der Waals surface area contributed by atoms with Crippen LogP contribution in [-0.4, -0.2) is 34.8 Å². The summed E-state index contributed by atoms with van der Waals surface area (Å²) in [5, 5.41) is 0.443. The van der Waals surface area contributed by atoms with Gasteiger partial charge >= 0.3 is 0 Å². The molecule has 2 unspecified atom stereocenters. The molecule has 2 saturated heterocycles. The zero-order valence-electron chi connectivity index (χ0n) is 10.1. The summed E-state index contributed by atoms with van der Waals surface area (Å²) < 4.78 is 12.0. The van der Waals surface area contributed by atoms with Gasteiger partial charge in [0.2, 0.25) is 0 Å². The Balaban J connectivity index is 1.68. The zero-order chi connectivity index (χ0) is 12.4. The third-order valence-corrected chi connectivity index (χ3v) is 5.04. The molecule has 1 aromatic heterocycles. The highest BCUT2D eigenvalue weighted by molar-refractivity contribution is 7.99. The van der Waals surface area contributed by atoms with Gasteiger partial charge in [0.1, 0.15) is 6.10 Å². The molecule has 1 aromatic rings. The van der Waals surface area contributed by atoms with Crippen molar-refractivity contribution in [1.29, 1.82) is 0 Å². The van der Waals surface area contributed by atoms with E-state index in [4.69, 9.17) is 21.1 Å². The van der Waals surface area contributed by atoms with E-state index < -0.39 is 0 Å². The largest absolute Gasteiger partial charge is 0.487 e. The number of pyridine rings is 1. The molecule has 0 saturated carbocycles. The lowest BCUT2D eigenvalue weighted by Crippen LogP contribution is -2.43. The highest BCUT2D eigenvalue weighted by Gasteiger charge is 2.41. The van der Waals surface area contributed by atoms with E-state index in [-0.39, 0.29) is 11.7 Å². The Morgan fingerprint density at radius 3 is 3.28 bits per heavy atom. The predicted molar refractivity (Wildman–Crippen MR) is 73.5 cm³/mol. The topological polar surface area (TPSA) is 31.4 Å². The van der Waals surface area contributed by atoms with Crippen LogP contribution < -0.4 is 4.74 Å². The van der Waals surface area contributed by atoms with Gasteiger partial charge in [0.25, 0.3) is 0 Å². The van der Waals surface area contributed by atoms with Gasteiger partial charge in [-0.05, 0) is 24.3 Å². The minimum absolute atomic E-state index is 0.0439. The summed E-state index contributed by atoms with van der Waals surface area (Å²) >= 11 is 8.00. The molecule has 2 aliphatic heterocycles. The van der Waals surface area contributed by atoms with Crippen LogP contribution in [0.15, 0.2) is 18.3 Å². The number of rotatable bonds is 2. The fourth-order valence-corrected chi connectivity index (χ4v) is 4.13. The lowest BCUT2D eigenvalue weighted by Gasteiger charge is -2.37. The average Bonchev–Trinajstić information content (AvgIpc) is 2.80. The van der Waals surface area contributed by atoms with Crippen molar-refractivity contribution in [2.24, 2.45) is 0 Å². The summed E-state index contributed by atoms with van der Waals surface area (Å²) in [6, 6.07) is 3.72. The minimum Gasteiger partial charge on any atom is -0.487 e. The van der Waals surface area contributed by atoms with E-state index in [1.807, 2.05) is 23.9 Å². The number of nitrogens with zero attached hydrogens (tertiary/aromatic N) is 1. The zero-order valence-corrected chi connectivity index (χ0v) is 11.7. The van der Waals surface area contributed by atoms with Crippen LogP contribution in [0.5, 0.6) is 5.75 Å². The van der Waals surface area contributed by atoms with E-state index in [1.165, 1.54) is 5.75 Å². The van der Waals surface area contributed by atoms with Crippen molar-refractivity contribution >= 4 is 23.4 Å². The van der Waals surface area contributed by atoms with Gasteiger partial charge in [-0.25, -0.2) is 4.98 Å². The molecule has 1 spiro atoms. The average molecular weight is 286 g/mol. The first-order valence-electron chi connectivity index (χ1n) is 6.26. The summed E-state index contributed by atoms with van der Waals surface area (Å²) in [7, 11) is 0. The van der Waals surface area contributed by atoms with Gasteiger partial charge in [-0.2, -0.15) is 11.8 Å². The van der Waals surface area contributed by atoms with Crippen molar-refractivity contribution in [3.8, 4) is 5.75 Å². The smallest absolute Gasteiger partial charge is 0.171 e. The molecule has 0 N–H and O–H groups in total. The van der Waals surface area contributed by atoms with E-state index in [2.05, 4.69) is 4.98 Å². The maximum absolute atomic E-state index is 6.02. The number of halogens is 1. The molecule has 98 valence electrons. The van der Waals surface area contributed by atoms with Crippen LogP contribution in [-0.2, 0) is 4.74 Å². The molecular formula is C13H16ClNO2S. The number of thioether (sulfide) groups is 1. The molecule has 18 heavy (non-hydrogen) atoms. The molecule has 5 heteroatoms. The van der Waals surface area contributed by atoms with Crippen LogP contribution in [0.25, 0.3) is 0 Å². The molecular weight excluding hydrogens is 270 g/mol. The summed E-state index contributed by atoms with van der Waals surface area (Å²) in [4.78, 5) is 4.04. The van der Waals surface area contributed by atoms with Crippen LogP contribution in [0.4, 0.5) is 0 Å². The molecule has 2 atom stereocenters. The highest BCUT2D eigenvalue weighted by Crippen LogP contribution is 2.39. The summed E-state index contributed by atoms with van der Waals surface area (Å²) in [5.41, 5.74) is 0.0439. The molecule has 0 aliphatic carbocycles. The second kappa shape index (κ2) is 5.27. The van der Waals surface area contributed by atoms with Gasteiger partial charge in [-0.15, -0.1) is 0 Å². The van der Waals surface area contributed by atoms with E-state index in [0.29, 0.717) is 10.9 Å². The highest BCUT2D eigenvalue weighted by atomic mass is 35.5. The third kappa shape index (κ3) is 2.60. The second-order valence-corrected chi connectivity index (χ2v) is 6.32. The molecule has 0 amide bonds. The monoisotopic (exact) mass is 285 g/mol. The van der Waals surface area contributed by atoms with Gasteiger partial charge in [-0.3, -0.25) is 0 Å². The molecule has 2 aliphatic rings. The first-order chi connectivity index (χ1) is 8.77. The molecule has 0 radical (unpaired) electrons. The van der Waals surface area contributed by atoms with Crippen LogP contribution in [0.3, 0.4) is 0 Å². The Morgan fingerprint density at radius 1 is 1.56 bits per heavy atom. The summed E-state index contributed by atoms with van der Waals surface area (Å²) in [6.07, 6.45) is 4.90. The lowest BCUT2D eigenvalue weighted by atomic mass is 9.91. The second-order valence-electron chi connectivity index (χ2n) is 4.86. The molecule has 3 nitrogen and oxygen atoms in total. The SMILES string of the molecule is Clc1ncccc1OC1CCOC2(CCSC2)C1. The van der Waals surface area contributed by atoms with E-state index >= 15 is 0 Å². The van der Waals surface area contributed by atoms with Crippen molar-refractivity contribution in [3.05, 3.63) is 23.5 Å². The lowest BCUT2D eigenvalue weighted by molar-refractivity contribution is -0.0959. The van der Waals surface area contributed by atoms with Crippen molar-refractivity contribution in [2.75, 3.05) is 18.1 Å². The Morgan fingerprint density at radius 2 is 2.50 bits per heavy atom. The van der Waals surface area contributed by atoms with Crippen molar-refractivity contribution in [3.63, 3.8) is 0 Å². The van der Waals surface area contributed by atoms with Crippen LogP contribution >= 0.6 is 23.4 Å². The third-order valence-electron chi connectivity index (χ3n) is 3.53. The van der Waals surface area contributed by atoms with Gasteiger partial charge in [0, 0.05) is 24.8 Å². The predicted octanol–water partition coefficient (Wildman–Crippen LogP) is 3.17. The fraction of sp³-hybridized carbons (Fsp3) is 0.615. The van der Waals surface area contributed by atoms with E-state index in [9.17, 15) is 0 Å². The standard InChI is InChI=1S/C13H16ClNO2S/c14-12-11(2-1-5-15-12)17-10-3-6-16-13(8-10)4-7-18-9-13/h1-2,5,10H,3-4,6-9H2. The quantitative estimate of drug-likeness (QED) is 0.781. The van der Waals surface area contributed by atoms with Gasteiger partial charge in [-0.1, -0.05) is 11.6 Å². The normalized spacial score (nSPS) is 31.7. The first kappa shape index (κ1) is 12.6. The van der Waals surface area contributed by atoms with Crippen LogP contribution in [0.1, 0.15) is 19.3 Å². The Labute approximate surface area is 116 Å². The van der Waals surface area contributed by atoms with Gasteiger partial charge in [0.15, 0.2) is 10.9 Å². The summed E-state index contributed by atoms with van der Waals surface area (Å²) in [6.45, 7) is 0.781. The molecule has 3 heterocycles. The Bertz CT molecular complexity index is 423. The van der Waals surface area contributed by atoms with Crippen LogP contribution in [0.2, 0.25) is 5.15 Å². The fourth-order valence-electron chi connectivity index (χ4n) is 2.59. The number of aromatic nitrogens is 1.